The number of rotatable bonds is 4. The summed E-state index contributed by atoms with van der Waals surface area (Å²) in [6, 6.07) is 28.7. The van der Waals surface area contributed by atoms with Gasteiger partial charge in [0.1, 0.15) is 0 Å². The van der Waals surface area contributed by atoms with Gasteiger partial charge >= 0.3 is 0 Å². The second-order valence-corrected chi connectivity index (χ2v) is 7.15. The monoisotopic (exact) mass is 356 g/mol. The SMILES string of the molecule is C[C@@H]1C[C@H](N(C(=O)Cc2ccccc2)c2ccccc2)c2ccccc2N1. The second-order valence-electron chi connectivity index (χ2n) is 7.15. The highest BCUT2D eigenvalue weighted by Crippen LogP contribution is 2.39. The molecule has 27 heavy (non-hydrogen) atoms. The molecule has 1 N–H and O–H groups in total. The number of amides is 1. The van der Waals surface area contributed by atoms with E-state index in [1.165, 1.54) is 5.56 Å². The van der Waals surface area contributed by atoms with E-state index < -0.39 is 0 Å². The highest BCUT2D eigenvalue weighted by molar-refractivity contribution is 5.96. The van der Waals surface area contributed by atoms with Gasteiger partial charge in [-0.25, -0.2) is 0 Å². The number of carbonyl (C=O) groups is 1. The Kier molecular flexibility index (Phi) is 4.93. The van der Waals surface area contributed by atoms with Crippen molar-refractivity contribution in [3.8, 4) is 0 Å². The third kappa shape index (κ3) is 3.72. The average Bonchev–Trinajstić information content (AvgIpc) is 2.69. The lowest BCUT2D eigenvalue weighted by molar-refractivity contribution is -0.118. The Morgan fingerprint density at radius 2 is 1.56 bits per heavy atom. The predicted octanol–water partition coefficient (Wildman–Crippen LogP) is 5.21. The summed E-state index contributed by atoms with van der Waals surface area (Å²) in [4.78, 5) is 15.4. The van der Waals surface area contributed by atoms with Crippen LogP contribution in [-0.4, -0.2) is 11.9 Å². The van der Waals surface area contributed by atoms with Crippen molar-refractivity contribution in [3.63, 3.8) is 0 Å². The van der Waals surface area contributed by atoms with Crippen molar-refractivity contribution in [2.24, 2.45) is 0 Å². The molecule has 3 heteroatoms. The number of nitrogens with one attached hydrogen (secondary N) is 1. The van der Waals surface area contributed by atoms with Crippen LogP contribution in [0.4, 0.5) is 11.4 Å². The molecule has 0 radical (unpaired) electrons. The number of anilines is 2. The van der Waals surface area contributed by atoms with Gasteiger partial charge in [-0.1, -0.05) is 66.7 Å². The van der Waals surface area contributed by atoms with E-state index in [1.54, 1.807) is 0 Å². The molecule has 1 aliphatic rings. The van der Waals surface area contributed by atoms with Gasteiger partial charge in [-0.3, -0.25) is 4.79 Å². The molecule has 2 atom stereocenters. The van der Waals surface area contributed by atoms with Crippen LogP contribution in [0.2, 0.25) is 0 Å². The smallest absolute Gasteiger partial charge is 0.231 e. The molecule has 3 aromatic rings. The van der Waals surface area contributed by atoms with Crippen molar-refractivity contribution in [2.75, 3.05) is 10.2 Å². The van der Waals surface area contributed by atoms with E-state index in [4.69, 9.17) is 0 Å². The van der Waals surface area contributed by atoms with Crippen LogP contribution in [0.3, 0.4) is 0 Å². The van der Waals surface area contributed by atoms with Crippen LogP contribution in [0.25, 0.3) is 0 Å². The molecule has 3 nitrogen and oxygen atoms in total. The molecule has 0 bridgehead atoms. The summed E-state index contributed by atoms with van der Waals surface area (Å²) in [5.74, 6) is 0.126. The van der Waals surface area contributed by atoms with Crippen LogP contribution in [0.5, 0.6) is 0 Å². The molecule has 3 aromatic carbocycles. The first-order valence-electron chi connectivity index (χ1n) is 9.49. The minimum Gasteiger partial charge on any atom is -0.382 e. The van der Waals surface area contributed by atoms with Gasteiger partial charge in [0.25, 0.3) is 0 Å². The first-order valence-corrected chi connectivity index (χ1v) is 9.49. The Bertz CT molecular complexity index is 908. The molecule has 4 rings (SSSR count). The van der Waals surface area contributed by atoms with Crippen molar-refractivity contribution in [1.82, 2.24) is 0 Å². The maximum Gasteiger partial charge on any atom is 0.231 e. The Morgan fingerprint density at radius 1 is 0.926 bits per heavy atom. The molecular formula is C24H24N2O. The van der Waals surface area contributed by atoms with Gasteiger partial charge in [0.2, 0.25) is 5.91 Å². The van der Waals surface area contributed by atoms with Crippen molar-refractivity contribution in [2.45, 2.75) is 31.8 Å². The third-order valence-corrected chi connectivity index (χ3v) is 5.11. The summed E-state index contributed by atoms with van der Waals surface area (Å²) >= 11 is 0. The first-order chi connectivity index (χ1) is 13.2. The van der Waals surface area contributed by atoms with Crippen LogP contribution in [0, 0.1) is 0 Å². The zero-order valence-electron chi connectivity index (χ0n) is 15.5. The van der Waals surface area contributed by atoms with E-state index in [2.05, 4.69) is 24.4 Å². The Labute approximate surface area is 160 Å². The Morgan fingerprint density at radius 3 is 2.30 bits per heavy atom. The molecule has 0 saturated heterocycles. The van der Waals surface area contributed by atoms with Crippen LogP contribution in [0.1, 0.15) is 30.5 Å². The number of carbonyl (C=O) groups excluding carboxylic acids is 1. The fourth-order valence-corrected chi connectivity index (χ4v) is 3.89. The summed E-state index contributed by atoms with van der Waals surface area (Å²) in [5, 5.41) is 3.55. The average molecular weight is 356 g/mol. The number of benzene rings is 3. The van der Waals surface area contributed by atoms with Crippen LogP contribution in [-0.2, 0) is 11.2 Å². The fraction of sp³-hybridized carbons (Fsp3) is 0.208. The lowest BCUT2D eigenvalue weighted by Gasteiger charge is -2.39. The normalized spacial score (nSPS) is 18.3. The molecular weight excluding hydrogens is 332 g/mol. The quantitative estimate of drug-likeness (QED) is 0.696. The molecule has 0 aromatic heterocycles. The standard InChI is InChI=1S/C24H24N2O/c1-18-16-23(21-14-8-9-15-22(21)25-18)26(20-12-6-3-7-13-20)24(27)17-19-10-4-2-5-11-19/h2-15,18,23,25H,16-17H2,1H3/t18-,23+/m1/s1. The van der Waals surface area contributed by atoms with Gasteiger partial charge in [0.15, 0.2) is 0 Å². The van der Waals surface area contributed by atoms with Gasteiger partial charge in [-0.15, -0.1) is 0 Å². The Balaban J connectivity index is 1.74. The number of para-hydroxylation sites is 2. The molecule has 1 aliphatic heterocycles. The summed E-state index contributed by atoms with van der Waals surface area (Å²) < 4.78 is 0. The van der Waals surface area contributed by atoms with Gasteiger partial charge in [0, 0.05) is 17.4 Å². The van der Waals surface area contributed by atoms with E-state index >= 15 is 0 Å². The van der Waals surface area contributed by atoms with E-state index in [0.717, 1.165) is 23.4 Å². The van der Waals surface area contributed by atoms with E-state index in [0.29, 0.717) is 12.5 Å². The third-order valence-electron chi connectivity index (χ3n) is 5.11. The number of fused-ring (bicyclic) bond motifs is 1. The number of hydrogen-bond donors (Lipinski definition) is 1. The molecule has 0 saturated carbocycles. The van der Waals surface area contributed by atoms with Gasteiger partial charge in [-0.05, 0) is 42.7 Å². The molecule has 0 unspecified atom stereocenters. The predicted molar refractivity (Wildman–Crippen MR) is 111 cm³/mol. The maximum atomic E-state index is 13.4. The molecule has 0 fully saturated rings. The molecule has 0 spiro atoms. The van der Waals surface area contributed by atoms with Crippen LogP contribution >= 0.6 is 0 Å². The van der Waals surface area contributed by atoms with E-state index in [-0.39, 0.29) is 11.9 Å². The number of nitrogens with zero attached hydrogens (tertiary/aromatic N) is 1. The zero-order valence-corrected chi connectivity index (χ0v) is 15.5. The zero-order chi connectivity index (χ0) is 18.6. The highest BCUT2D eigenvalue weighted by Gasteiger charge is 2.32. The lowest BCUT2D eigenvalue weighted by Crippen LogP contribution is -2.41. The topological polar surface area (TPSA) is 32.3 Å². The highest BCUT2D eigenvalue weighted by atomic mass is 16.2. The van der Waals surface area contributed by atoms with Crippen molar-refractivity contribution in [3.05, 3.63) is 96.1 Å². The fourth-order valence-electron chi connectivity index (χ4n) is 3.89. The lowest BCUT2D eigenvalue weighted by atomic mass is 9.91. The van der Waals surface area contributed by atoms with E-state index in [9.17, 15) is 4.79 Å². The van der Waals surface area contributed by atoms with Crippen molar-refractivity contribution >= 4 is 17.3 Å². The van der Waals surface area contributed by atoms with Gasteiger partial charge in [0.05, 0.1) is 12.5 Å². The molecule has 1 amide bonds. The molecule has 1 heterocycles. The first kappa shape index (κ1) is 17.3. The summed E-state index contributed by atoms with van der Waals surface area (Å²) in [6.45, 7) is 2.17. The second kappa shape index (κ2) is 7.67. The minimum absolute atomic E-state index is 0.0241. The van der Waals surface area contributed by atoms with Crippen LogP contribution in [0.15, 0.2) is 84.9 Å². The summed E-state index contributed by atoms with van der Waals surface area (Å²) in [7, 11) is 0. The largest absolute Gasteiger partial charge is 0.382 e. The molecule has 136 valence electrons. The summed E-state index contributed by atoms with van der Waals surface area (Å²) in [5.41, 5.74) is 4.29. The minimum atomic E-state index is 0.0241. The number of hydrogen-bond acceptors (Lipinski definition) is 2. The molecule has 0 aliphatic carbocycles. The van der Waals surface area contributed by atoms with Crippen LogP contribution < -0.4 is 10.2 Å². The van der Waals surface area contributed by atoms with Gasteiger partial charge < -0.3 is 10.2 Å². The summed E-state index contributed by atoms with van der Waals surface area (Å²) in [6.07, 6.45) is 1.28. The maximum absolute atomic E-state index is 13.4. The Hall–Kier alpha value is -3.07. The van der Waals surface area contributed by atoms with Crippen molar-refractivity contribution < 1.29 is 4.79 Å². The van der Waals surface area contributed by atoms with Gasteiger partial charge in [-0.2, -0.15) is 0 Å². The van der Waals surface area contributed by atoms with E-state index in [1.807, 2.05) is 77.7 Å². The van der Waals surface area contributed by atoms with Crippen molar-refractivity contribution in [1.29, 1.82) is 0 Å².